The lowest BCUT2D eigenvalue weighted by molar-refractivity contribution is -0.137. The van der Waals surface area contributed by atoms with Crippen LogP contribution in [0.5, 0.6) is 0 Å². The quantitative estimate of drug-likeness (QED) is 0.699. The summed E-state index contributed by atoms with van der Waals surface area (Å²) in [6, 6.07) is -0.168. The average molecular weight is 346 g/mol. The van der Waals surface area contributed by atoms with Gasteiger partial charge >= 0.3 is 5.97 Å². The van der Waals surface area contributed by atoms with E-state index in [9.17, 15) is 18.0 Å². The second kappa shape index (κ2) is 6.82. The van der Waals surface area contributed by atoms with Crippen LogP contribution in [-0.2, 0) is 19.4 Å². The molecule has 2 saturated heterocycles. The topological polar surface area (TPSA) is 104 Å². The molecule has 2 heterocycles. The van der Waals surface area contributed by atoms with Crippen molar-refractivity contribution in [2.45, 2.75) is 30.6 Å². The molecule has 1 amide bonds. The van der Waals surface area contributed by atoms with E-state index in [0.29, 0.717) is 11.7 Å². The summed E-state index contributed by atoms with van der Waals surface area (Å²) >= 11 is 1.31. The summed E-state index contributed by atoms with van der Waals surface area (Å²) < 4.78 is 23.4. The Labute approximate surface area is 133 Å². The predicted octanol–water partition coefficient (Wildman–Crippen LogP) is 0.524. The average Bonchev–Trinajstić information content (AvgIpc) is 2.83. The summed E-state index contributed by atoms with van der Waals surface area (Å²) in [7, 11) is -3.03. The molecule has 2 atom stereocenters. The number of hydrogen-bond acceptors (Lipinski definition) is 5. The van der Waals surface area contributed by atoms with Gasteiger partial charge in [-0.1, -0.05) is 17.8 Å². The van der Waals surface area contributed by atoms with Gasteiger partial charge in [0.25, 0.3) is 0 Å². The first-order valence-electron chi connectivity index (χ1n) is 6.90. The van der Waals surface area contributed by atoms with Crippen LogP contribution in [0, 0.1) is 0 Å². The van der Waals surface area contributed by atoms with Gasteiger partial charge in [0, 0.05) is 24.6 Å². The maximum absolute atomic E-state index is 11.8. The summed E-state index contributed by atoms with van der Waals surface area (Å²) in [6.45, 7) is 4.09. The minimum atomic E-state index is -3.03. The number of hydrogen-bond donors (Lipinski definition) is 1. The van der Waals surface area contributed by atoms with Crippen LogP contribution in [0.2, 0.25) is 0 Å². The van der Waals surface area contributed by atoms with Crippen LogP contribution in [-0.4, -0.2) is 64.8 Å². The number of carboxylic acids is 1. The van der Waals surface area contributed by atoms with Gasteiger partial charge in [-0.3, -0.25) is 9.59 Å². The normalized spacial score (nSPS) is 27.8. The molecule has 0 aromatic rings. The van der Waals surface area contributed by atoms with Crippen molar-refractivity contribution >= 4 is 38.6 Å². The molecule has 0 bridgehead atoms. The second-order valence-corrected chi connectivity index (χ2v) is 8.64. The molecule has 22 heavy (non-hydrogen) atoms. The van der Waals surface area contributed by atoms with E-state index in [4.69, 9.17) is 5.11 Å². The van der Waals surface area contributed by atoms with Gasteiger partial charge < -0.3 is 10.0 Å². The second-order valence-electron chi connectivity index (χ2n) is 5.28. The van der Waals surface area contributed by atoms with E-state index in [1.807, 2.05) is 4.90 Å². The van der Waals surface area contributed by atoms with Crippen LogP contribution in [0.3, 0.4) is 0 Å². The number of aliphatic carboxylic acids is 1. The third kappa shape index (κ3) is 4.10. The van der Waals surface area contributed by atoms with E-state index in [2.05, 4.69) is 11.6 Å². The maximum Gasteiger partial charge on any atom is 0.303 e. The molecule has 2 aliphatic heterocycles. The number of aliphatic imine (C=N–C) groups is 1. The molecule has 0 aliphatic carbocycles. The van der Waals surface area contributed by atoms with E-state index < -0.39 is 15.8 Å². The van der Waals surface area contributed by atoms with Crippen molar-refractivity contribution in [3.05, 3.63) is 12.7 Å². The number of thioether (sulfide) groups is 1. The van der Waals surface area contributed by atoms with E-state index in [-0.39, 0.29) is 48.0 Å². The number of nitrogens with zero attached hydrogens (tertiary/aromatic N) is 2. The number of carbonyl (C=O) groups is 2. The summed E-state index contributed by atoms with van der Waals surface area (Å²) in [4.78, 5) is 28.1. The lowest BCUT2D eigenvalue weighted by Crippen LogP contribution is -2.37. The minimum Gasteiger partial charge on any atom is -0.481 e. The van der Waals surface area contributed by atoms with Gasteiger partial charge in [-0.15, -0.1) is 6.58 Å². The van der Waals surface area contributed by atoms with Crippen LogP contribution in [0.4, 0.5) is 0 Å². The number of fused-ring (bicyclic) bond motifs is 1. The minimum absolute atomic E-state index is 0.0659. The molecule has 0 aromatic heterocycles. The molecule has 0 spiro atoms. The molecule has 0 aromatic carbocycles. The standard InChI is InChI=1S/C13H18N2O5S2/c1-2-6-15-9-7-22(19,20)8-10(9)21-13(15)14-11(16)4-3-5-12(17)18/h2,9-10H,1,3-8H2,(H,17,18)/t9-,10+/m1/s1. The van der Waals surface area contributed by atoms with Crippen molar-refractivity contribution in [3.63, 3.8) is 0 Å². The SMILES string of the molecule is C=CCN1C(=NC(=O)CCCC(=O)O)S[C@H]2CS(=O)(=O)C[C@H]21. The molecule has 1 N–H and O–H groups in total. The zero-order chi connectivity index (χ0) is 16.3. The van der Waals surface area contributed by atoms with Gasteiger partial charge in [-0.2, -0.15) is 4.99 Å². The van der Waals surface area contributed by atoms with E-state index in [0.717, 1.165) is 0 Å². The molecule has 7 nitrogen and oxygen atoms in total. The molecule has 2 aliphatic rings. The molecule has 122 valence electrons. The Bertz CT molecular complexity index is 614. The van der Waals surface area contributed by atoms with E-state index in [1.165, 1.54) is 11.8 Å². The molecule has 0 saturated carbocycles. The van der Waals surface area contributed by atoms with Crippen LogP contribution in [0.15, 0.2) is 17.6 Å². The highest BCUT2D eigenvalue weighted by Crippen LogP contribution is 2.38. The van der Waals surface area contributed by atoms with E-state index in [1.54, 1.807) is 6.08 Å². The number of amidine groups is 1. The number of carboxylic acid groups (broad SMARTS) is 1. The Kier molecular flexibility index (Phi) is 5.28. The zero-order valence-corrected chi connectivity index (χ0v) is 13.6. The number of sulfone groups is 1. The van der Waals surface area contributed by atoms with Gasteiger partial charge in [0.1, 0.15) is 0 Å². The summed E-state index contributed by atoms with van der Waals surface area (Å²) in [5, 5.41) is 8.97. The maximum atomic E-state index is 11.8. The Morgan fingerprint density at radius 1 is 1.41 bits per heavy atom. The Balaban J connectivity index is 2.04. The fourth-order valence-electron chi connectivity index (χ4n) is 2.54. The highest BCUT2D eigenvalue weighted by atomic mass is 32.2. The van der Waals surface area contributed by atoms with Crippen LogP contribution in [0.1, 0.15) is 19.3 Å². The molecular weight excluding hydrogens is 328 g/mol. The first kappa shape index (κ1) is 17.0. The Morgan fingerprint density at radius 2 is 2.14 bits per heavy atom. The lowest BCUT2D eigenvalue weighted by Gasteiger charge is -2.22. The zero-order valence-electron chi connectivity index (χ0n) is 12.0. The Morgan fingerprint density at radius 3 is 2.77 bits per heavy atom. The molecular formula is C13H18N2O5S2. The van der Waals surface area contributed by atoms with Gasteiger partial charge in [-0.05, 0) is 6.42 Å². The highest BCUT2D eigenvalue weighted by molar-refractivity contribution is 8.15. The van der Waals surface area contributed by atoms with Crippen molar-refractivity contribution in [2.24, 2.45) is 4.99 Å². The molecule has 0 unspecified atom stereocenters. The first-order valence-corrected chi connectivity index (χ1v) is 9.60. The highest BCUT2D eigenvalue weighted by Gasteiger charge is 2.48. The van der Waals surface area contributed by atoms with Crippen molar-refractivity contribution in [3.8, 4) is 0 Å². The summed E-state index contributed by atoms with van der Waals surface area (Å²) in [5.74, 6) is -1.14. The largest absolute Gasteiger partial charge is 0.481 e. The van der Waals surface area contributed by atoms with Crippen molar-refractivity contribution < 1.29 is 23.1 Å². The summed E-state index contributed by atoms with van der Waals surface area (Å²) in [5.41, 5.74) is 0. The van der Waals surface area contributed by atoms with E-state index >= 15 is 0 Å². The fraction of sp³-hybridized carbons (Fsp3) is 0.615. The van der Waals surface area contributed by atoms with Gasteiger partial charge in [0.05, 0.1) is 17.5 Å². The third-order valence-electron chi connectivity index (χ3n) is 3.50. The van der Waals surface area contributed by atoms with Crippen molar-refractivity contribution in [1.29, 1.82) is 0 Å². The van der Waals surface area contributed by atoms with Crippen molar-refractivity contribution in [2.75, 3.05) is 18.1 Å². The smallest absolute Gasteiger partial charge is 0.303 e. The van der Waals surface area contributed by atoms with Crippen LogP contribution < -0.4 is 0 Å². The van der Waals surface area contributed by atoms with Gasteiger partial charge in [0.2, 0.25) is 5.91 Å². The van der Waals surface area contributed by atoms with Crippen LogP contribution >= 0.6 is 11.8 Å². The third-order valence-corrected chi connectivity index (χ3v) is 6.75. The molecule has 2 fully saturated rings. The summed E-state index contributed by atoms with van der Waals surface area (Å²) in [6.07, 6.45) is 1.91. The number of carbonyl (C=O) groups excluding carboxylic acids is 1. The van der Waals surface area contributed by atoms with Crippen molar-refractivity contribution in [1.82, 2.24) is 4.90 Å². The number of rotatable bonds is 6. The monoisotopic (exact) mass is 346 g/mol. The fourth-order valence-corrected chi connectivity index (χ4v) is 6.52. The van der Waals surface area contributed by atoms with Crippen LogP contribution in [0.25, 0.3) is 0 Å². The number of amides is 1. The molecule has 2 rings (SSSR count). The Hall–Kier alpha value is -1.35. The molecule has 0 radical (unpaired) electrons. The van der Waals surface area contributed by atoms with Gasteiger partial charge in [-0.25, -0.2) is 8.42 Å². The lowest BCUT2D eigenvalue weighted by atomic mass is 10.2. The first-order chi connectivity index (χ1) is 10.3. The molecule has 9 heteroatoms. The van der Waals surface area contributed by atoms with Gasteiger partial charge in [0.15, 0.2) is 15.0 Å². The predicted molar refractivity (Wildman–Crippen MR) is 84.7 cm³/mol.